The molecule has 1 aliphatic heterocycles. The number of fused-ring (bicyclic) bond motifs is 1. The number of amides is 2. The van der Waals surface area contributed by atoms with Crippen LogP contribution in [0.5, 0.6) is 0 Å². The van der Waals surface area contributed by atoms with Gasteiger partial charge in [-0.3, -0.25) is 9.59 Å². The maximum absolute atomic E-state index is 14.0. The number of aromatic nitrogens is 1. The molecule has 0 bridgehead atoms. The molecule has 0 aliphatic carbocycles. The molecule has 3 aromatic rings. The Balaban J connectivity index is 1.49. The maximum atomic E-state index is 14.0. The Hall–Kier alpha value is -3.29. The van der Waals surface area contributed by atoms with E-state index >= 15 is 0 Å². The zero-order valence-corrected chi connectivity index (χ0v) is 14.3. The monoisotopic (exact) mass is 371 g/mol. The number of benzene rings is 2. The lowest BCUT2D eigenvalue weighted by Crippen LogP contribution is -2.28. The summed E-state index contributed by atoms with van der Waals surface area (Å²) in [6.07, 6.45) is -0.0477. The molecule has 6 nitrogen and oxygen atoms in total. The first-order chi connectivity index (χ1) is 12.9. The fourth-order valence-electron chi connectivity index (χ4n) is 3.18. The molecule has 1 saturated heterocycles. The van der Waals surface area contributed by atoms with E-state index in [0.717, 1.165) is 6.07 Å². The number of hydrogen-bond acceptors (Lipinski definition) is 4. The number of carbonyl (C=O) groups excluding carboxylic acids is 2. The molecule has 1 atom stereocenters. The number of carbonyl (C=O) groups is 2. The highest BCUT2D eigenvalue weighted by atomic mass is 19.1. The van der Waals surface area contributed by atoms with Crippen molar-refractivity contribution < 1.29 is 22.8 Å². The van der Waals surface area contributed by atoms with Gasteiger partial charge in [0.25, 0.3) is 0 Å². The largest absolute Gasteiger partial charge is 0.441 e. The molecule has 2 heterocycles. The Kier molecular flexibility index (Phi) is 4.10. The van der Waals surface area contributed by atoms with Crippen LogP contribution in [0.4, 0.5) is 20.2 Å². The normalized spacial score (nSPS) is 16.9. The molecule has 1 unspecified atom stereocenters. The second-order valence-corrected chi connectivity index (χ2v) is 6.41. The highest BCUT2D eigenvalue weighted by molar-refractivity contribution is 6.04. The highest BCUT2D eigenvalue weighted by Gasteiger charge is 2.36. The Morgan fingerprint density at radius 3 is 2.85 bits per heavy atom. The summed E-state index contributed by atoms with van der Waals surface area (Å²) in [6.45, 7) is 1.75. The fourth-order valence-corrected chi connectivity index (χ4v) is 3.18. The Morgan fingerprint density at radius 1 is 1.26 bits per heavy atom. The Labute approximate surface area is 152 Å². The van der Waals surface area contributed by atoms with Gasteiger partial charge in [0.05, 0.1) is 11.6 Å². The van der Waals surface area contributed by atoms with E-state index in [1.807, 2.05) is 0 Å². The lowest BCUT2D eigenvalue weighted by molar-refractivity contribution is -0.122. The van der Waals surface area contributed by atoms with Crippen molar-refractivity contribution >= 4 is 34.3 Å². The zero-order valence-electron chi connectivity index (χ0n) is 14.3. The quantitative estimate of drug-likeness (QED) is 0.766. The summed E-state index contributed by atoms with van der Waals surface area (Å²) < 4.78 is 32.4. The van der Waals surface area contributed by atoms with Gasteiger partial charge in [-0.1, -0.05) is 0 Å². The van der Waals surface area contributed by atoms with Crippen molar-refractivity contribution in [2.45, 2.75) is 13.3 Å². The van der Waals surface area contributed by atoms with Crippen molar-refractivity contribution in [1.82, 2.24) is 4.98 Å². The average Bonchev–Trinajstić information content (AvgIpc) is 3.16. The molecule has 8 heteroatoms. The van der Waals surface area contributed by atoms with Crippen molar-refractivity contribution in [2.24, 2.45) is 5.92 Å². The van der Waals surface area contributed by atoms with Gasteiger partial charge in [-0.2, -0.15) is 0 Å². The van der Waals surface area contributed by atoms with Gasteiger partial charge < -0.3 is 14.6 Å². The molecule has 4 rings (SSSR count). The number of nitrogens with one attached hydrogen (secondary N) is 1. The third-order valence-corrected chi connectivity index (χ3v) is 4.46. The van der Waals surface area contributed by atoms with Gasteiger partial charge in [0.2, 0.25) is 11.8 Å². The summed E-state index contributed by atoms with van der Waals surface area (Å²) in [5.41, 5.74) is 1.72. The summed E-state index contributed by atoms with van der Waals surface area (Å²) in [5, 5.41) is 2.75. The molecule has 1 fully saturated rings. The lowest BCUT2D eigenvalue weighted by Gasteiger charge is -2.17. The van der Waals surface area contributed by atoms with Crippen molar-refractivity contribution in [1.29, 1.82) is 0 Å². The molecule has 0 radical (unpaired) electrons. The van der Waals surface area contributed by atoms with E-state index in [2.05, 4.69) is 10.3 Å². The number of oxazole rings is 1. The lowest BCUT2D eigenvalue weighted by atomic mass is 10.1. The minimum atomic E-state index is -0.837. The van der Waals surface area contributed by atoms with Crippen LogP contribution in [-0.4, -0.2) is 23.3 Å². The van der Waals surface area contributed by atoms with Crippen LogP contribution in [0.1, 0.15) is 12.3 Å². The summed E-state index contributed by atoms with van der Waals surface area (Å²) >= 11 is 0. The van der Waals surface area contributed by atoms with Crippen molar-refractivity contribution in [3.8, 4) is 0 Å². The summed E-state index contributed by atoms with van der Waals surface area (Å²) in [4.78, 5) is 30.1. The van der Waals surface area contributed by atoms with Crippen molar-refractivity contribution in [3.63, 3.8) is 0 Å². The standard InChI is InChI=1S/C19H15F2N3O3/c1-10-22-15-8-13(3-5-17(15)27-10)23-19(26)11-6-18(25)24(9-11)16-4-2-12(20)7-14(16)21/h2-5,7-8,11H,6,9H2,1H3,(H,23,26). The number of hydrogen-bond donors (Lipinski definition) is 1. The van der Waals surface area contributed by atoms with Gasteiger partial charge in [0.1, 0.15) is 17.2 Å². The molecule has 27 heavy (non-hydrogen) atoms. The predicted octanol–water partition coefficient (Wildman–Crippen LogP) is 3.41. The van der Waals surface area contributed by atoms with Crippen molar-refractivity contribution in [3.05, 3.63) is 53.9 Å². The first-order valence-corrected chi connectivity index (χ1v) is 8.34. The molecule has 0 spiro atoms. The van der Waals surface area contributed by atoms with Crippen LogP contribution < -0.4 is 10.2 Å². The Bertz CT molecular complexity index is 1060. The van der Waals surface area contributed by atoms with Crippen LogP contribution in [0.15, 0.2) is 40.8 Å². The second-order valence-electron chi connectivity index (χ2n) is 6.41. The van der Waals surface area contributed by atoms with Crippen LogP contribution in [0, 0.1) is 24.5 Å². The van der Waals surface area contributed by atoms with Gasteiger partial charge in [0, 0.05) is 31.6 Å². The molecule has 138 valence electrons. The maximum Gasteiger partial charge on any atom is 0.229 e. The fraction of sp³-hybridized carbons (Fsp3) is 0.211. The molecular formula is C19H15F2N3O3. The van der Waals surface area contributed by atoms with Crippen LogP contribution >= 0.6 is 0 Å². The third kappa shape index (κ3) is 3.25. The van der Waals surface area contributed by atoms with Crippen LogP contribution in [0.3, 0.4) is 0 Å². The molecule has 2 amide bonds. The molecule has 1 aromatic heterocycles. The molecule has 0 saturated carbocycles. The number of nitrogens with zero attached hydrogens (tertiary/aromatic N) is 2. The van der Waals surface area contributed by atoms with Crippen LogP contribution in [0.25, 0.3) is 11.1 Å². The Morgan fingerprint density at radius 2 is 2.07 bits per heavy atom. The van der Waals surface area contributed by atoms with E-state index in [1.54, 1.807) is 25.1 Å². The highest BCUT2D eigenvalue weighted by Crippen LogP contribution is 2.29. The minimum Gasteiger partial charge on any atom is -0.441 e. The second kappa shape index (κ2) is 6.46. The minimum absolute atomic E-state index is 0.0263. The van der Waals surface area contributed by atoms with E-state index in [1.165, 1.54) is 11.0 Å². The van der Waals surface area contributed by atoms with Gasteiger partial charge in [-0.05, 0) is 30.3 Å². The third-order valence-electron chi connectivity index (χ3n) is 4.46. The van der Waals surface area contributed by atoms with Gasteiger partial charge in [-0.25, -0.2) is 13.8 Å². The molecule has 2 aromatic carbocycles. The van der Waals surface area contributed by atoms with Gasteiger partial charge in [0.15, 0.2) is 11.5 Å². The summed E-state index contributed by atoms with van der Waals surface area (Å²) in [5.74, 6) is -2.42. The first-order valence-electron chi connectivity index (χ1n) is 8.34. The van der Waals surface area contributed by atoms with Crippen LogP contribution in [0.2, 0.25) is 0 Å². The van der Waals surface area contributed by atoms with Crippen LogP contribution in [-0.2, 0) is 9.59 Å². The number of rotatable bonds is 3. The topological polar surface area (TPSA) is 75.4 Å². The molecule has 1 aliphatic rings. The van der Waals surface area contributed by atoms with Crippen molar-refractivity contribution in [2.75, 3.05) is 16.8 Å². The SMILES string of the molecule is Cc1nc2cc(NC(=O)C3CC(=O)N(c4ccc(F)cc4F)C3)ccc2o1. The zero-order chi connectivity index (χ0) is 19.1. The number of aryl methyl sites for hydroxylation is 1. The van der Waals surface area contributed by atoms with Gasteiger partial charge in [-0.15, -0.1) is 0 Å². The van der Waals surface area contributed by atoms with E-state index in [4.69, 9.17) is 4.42 Å². The smallest absolute Gasteiger partial charge is 0.229 e. The van der Waals surface area contributed by atoms with E-state index in [-0.39, 0.29) is 30.5 Å². The van der Waals surface area contributed by atoms with E-state index in [9.17, 15) is 18.4 Å². The molecular weight excluding hydrogens is 356 g/mol. The average molecular weight is 371 g/mol. The first kappa shape index (κ1) is 17.1. The summed E-state index contributed by atoms with van der Waals surface area (Å²) in [6, 6.07) is 8.05. The van der Waals surface area contributed by atoms with E-state index < -0.39 is 17.6 Å². The van der Waals surface area contributed by atoms with Gasteiger partial charge >= 0.3 is 0 Å². The summed E-state index contributed by atoms with van der Waals surface area (Å²) in [7, 11) is 0. The molecule has 1 N–H and O–H groups in total. The predicted molar refractivity (Wildman–Crippen MR) is 94.2 cm³/mol. The van der Waals surface area contributed by atoms with E-state index in [0.29, 0.717) is 28.7 Å². The number of anilines is 2. The number of halogens is 2.